The molecule has 2 heterocycles. The average molecular weight is 274 g/mol. The lowest BCUT2D eigenvalue weighted by Gasteiger charge is -2.38. The van der Waals surface area contributed by atoms with Crippen LogP contribution in [-0.4, -0.2) is 49.2 Å². The van der Waals surface area contributed by atoms with Crippen molar-refractivity contribution >= 4 is 5.69 Å². The standard InChI is InChI=1S/C16H26N4/c1-19(2)15-4-3-9-20(12-15)16-11-17-8-7-13(16)10-18-14-5-6-14/h7-8,11,14-15,18H,3-6,9-10,12H2,1-2H3. The second kappa shape index (κ2) is 6.10. The molecular formula is C16H26N4. The molecule has 1 unspecified atom stereocenters. The van der Waals surface area contributed by atoms with Crippen molar-refractivity contribution in [3.8, 4) is 0 Å². The van der Waals surface area contributed by atoms with E-state index in [1.165, 1.54) is 36.9 Å². The Morgan fingerprint density at radius 3 is 2.95 bits per heavy atom. The molecule has 1 aromatic heterocycles. The highest BCUT2D eigenvalue weighted by atomic mass is 15.2. The van der Waals surface area contributed by atoms with Gasteiger partial charge in [0.05, 0.1) is 11.9 Å². The lowest BCUT2D eigenvalue weighted by Crippen LogP contribution is -2.45. The van der Waals surface area contributed by atoms with E-state index in [1.54, 1.807) is 0 Å². The van der Waals surface area contributed by atoms with Gasteiger partial charge in [-0.05, 0) is 51.4 Å². The maximum atomic E-state index is 4.35. The van der Waals surface area contributed by atoms with Gasteiger partial charge in [-0.1, -0.05) is 0 Å². The number of piperidine rings is 1. The molecule has 1 N–H and O–H groups in total. The van der Waals surface area contributed by atoms with Crippen molar-refractivity contribution < 1.29 is 0 Å². The van der Waals surface area contributed by atoms with Crippen molar-refractivity contribution in [1.29, 1.82) is 0 Å². The van der Waals surface area contributed by atoms with Crippen molar-refractivity contribution in [2.45, 2.75) is 44.3 Å². The minimum absolute atomic E-state index is 0.660. The Bertz CT molecular complexity index is 442. The summed E-state index contributed by atoms with van der Waals surface area (Å²) in [6.07, 6.45) is 9.22. The molecule has 0 aromatic carbocycles. The second-order valence-electron chi connectivity index (χ2n) is 6.37. The fourth-order valence-corrected chi connectivity index (χ4v) is 2.99. The Labute approximate surface area is 122 Å². The largest absolute Gasteiger partial charge is 0.368 e. The van der Waals surface area contributed by atoms with Crippen LogP contribution in [0.15, 0.2) is 18.5 Å². The molecule has 20 heavy (non-hydrogen) atoms. The fourth-order valence-electron chi connectivity index (χ4n) is 2.99. The van der Waals surface area contributed by atoms with E-state index in [-0.39, 0.29) is 0 Å². The molecular weight excluding hydrogens is 248 g/mol. The third kappa shape index (κ3) is 3.30. The van der Waals surface area contributed by atoms with Gasteiger partial charge >= 0.3 is 0 Å². The van der Waals surface area contributed by atoms with E-state index in [0.717, 1.165) is 25.7 Å². The van der Waals surface area contributed by atoms with Crippen molar-refractivity contribution in [2.75, 3.05) is 32.1 Å². The number of nitrogens with zero attached hydrogens (tertiary/aromatic N) is 3. The molecule has 2 fully saturated rings. The first kappa shape index (κ1) is 13.8. The first-order chi connectivity index (χ1) is 9.74. The van der Waals surface area contributed by atoms with Gasteiger partial charge in [0.15, 0.2) is 0 Å². The van der Waals surface area contributed by atoms with E-state index in [4.69, 9.17) is 0 Å². The molecule has 1 aromatic rings. The highest BCUT2D eigenvalue weighted by Gasteiger charge is 2.24. The highest BCUT2D eigenvalue weighted by Crippen LogP contribution is 2.26. The summed E-state index contributed by atoms with van der Waals surface area (Å²) >= 11 is 0. The average Bonchev–Trinajstić information content (AvgIpc) is 3.30. The first-order valence-electron chi connectivity index (χ1n) is 7.81. The van der Waals surface area contributed by atoms with Crippen molar-refractivity contribution in [2.24, 2.45) is 0 Å². The molecule has 3 rings (SSSR count). The Morgan fingerprint density at radius 2 is 2.20 bits per heavy atom. The Morgan fingerprint density at radius 1 is 1.35 bits per heavy atom. The van der Waals surface area contributed by atoms with Gasteiger partial charge in [0, 0.05) is 37.9 Å². The number of hydrogen-bond acceptors (Lipinski definition) is 4. The summed E-state index contributed by atoms with van der Waals surface area (Å²) in [4.78, 5) is 9.22. The molecule has 2 aliphatic rings. The van der Waals surface area contributed by atoms with Crippen molar-refractivity contribution in [3.05, 3.63) is 24.0 Å². The zero-order valence-corrected chi connectivity index (χ0v) is 12.7. The number of nitrogens with one attached hydrogen (secondary N) is 1. The van der Waals surface area contributed by atoms with Gasteiger partial charge in [0.2, 0.25) is 0 Å². The third-order valence-corrected chi connectivity index (χ3v) is 4.51. The summed E-state index contributed by atoms with van der Waals surface area (Å²) in [5.41, 5.74) is 2.72. The van der Waals surface area contributed by atoms with E-state index in [2.05, 4.69) is 40.3 Å². The molecule has 1 saturated heterocycles. The Balaban J connectivity index is 1.71. The summed E-state index contributed by atoms with van der Waals surface area (Å²) in [5.74, 6) is 0. The molecule has 4 nitrogen and oxygen atoms in total. The summed E-state index contributed by atoms with van der Waals surface area (Å²) in [5, 5.41) is 3.62. The summed E-state index contributed by atoms with van der Waals surface area (Å²) in [6, 6.07) is 3.59. The predicted octanol–water partition coefficient (Wildman–Crippen LogP) is 1.86. The summed E-state index contributed by atoms with van der Waals surface area (Å²) in [6.45, 7) is 3.26. The smallest absolute Gasteiger partial charge is 0.0598 e. The van der Waals surface area contributed by atoms with Crippen LogP contribution in [0.5, 0.6) is 0 Å². The predicted molar refractivity (Wildman–Crippen MR) is 83.0 cm³/mol. The van der Waals surface area contributed by atoms with Crippen molar-refractivity contribution in [3.63, 3.8) is 0 Å². The van der Waals surface area contributed by atoms with Crippen LogP contribution in [0.4, 0.5) is 5.69 Å². The summed E-state index contributed by atoms with van der Waals surface area (Å²) in [7, 11) is 4.37. The zero-order valence-electron chi connectivity index (χ0n) is 12.7. The van der Waals surface area contributed by atoms with Gasteiger partial charge in [0.25, 0.3) is 0 Å². The van der Waals surface area contributed by atoms with Gasteiger partial charge in [-0.15, -0.1) is 0 Å². The van der Waals surface area contributed by atoms with Crippen LogP contribution in [0.3, 0.4) is 0 Å². The van der Waals surface area contributed by atoms with Crippen LogP contribution in [0.1, 0.15) is 31.2 Å². The highest BCUT2D eigenvalue weighted by molar-refractivity contribution is 5.52. The normalized spacial score (nSPS) is 23.4. The topological polar surface area (TPSA) is 31.4 Å². The number of rotatable bonds is 5. The van der Waals surface area contributed by atoms with E-state index in [1.807, 2.05) is 12.4 Å². The maximum Gasteiger partial charge on any atom is 0.0598 e. The zero-order chi connectivity index (χ0) is 13.9. The minimum atomic E-state index is 0.660. The van der Waals surface area contributed by atoms with E-state index in [9.17, 15) is 0 Å². The van der Waals surface area contributed by atoms with Crippen molar-refractivity contribution in [1.82, 2.24) is 15.2 Å². The van der Waals surface area contributed by atoms with Crippen LogP contribution < -0.4 is 10.2 Å². The Kier molecular flexibility index (Phi) is 4.22. The molecule has 0 amide bonds. The van der Waals surface area contributed by atoms with Gasteiger partial charge in [-0.25, -0.2) is 0 Å². The first-order valence-corrected chi connectivity index (χ1v) is 7.81. The lowest BCUT2D eigenvalue weighted by atomic mass is 10.0. The van der Waals surface area contributed by atoms with Crippen LogP contribution in [0.2, 0.25) is 0 Å². The van der Waals surface area contributed by atoms with Gasteiger partial charge in [-0.2, -0.15) is 0 Å². The molecule has 1 aliphatic heterocycles. The molecule has 1 aliphatic carbocycles. The molecule has 0 bridgehead atoms. The maximum absolute atomic E-state index is 4.35. The SMILES string of the molecule is CN(C)C1CCCN(c2cnccc2CNC2CC2)C1. The second-order valence-corrected chi connectivity index (χ2v) is 6.37. The molecule has 0 spiro atoms. The minimum Gasteiger partial charge on any atom is -0.368 e. The summed E-state index contributed by atoms with van der Waals surface area (Å²) < 4.78 is 0. The number of pyridine rings is 1. The number of anilines is 1. The number of likely N-dealkylation sites (N-methyl/N-ethyl adjacent to an activating group) is 1. The van der Waals surface area contributed by atoms with Gasteiger partial charge in [-0.3, -0.25) is 4.98 Å². The molecule has 110 valence electrons. The number of aromatic nitrogens is 1. The lowest BCUT2D eigenvalue weighted by molar-refractivity contribution is 0.258. The molecule has 1 saturated carbocycles. The monoisotopic (exact) mass is 274 g/mol. The fraction of sp³-hybridized carbons (Fsp3) is 0.688. The van der Waals surface area contributed by atoms with E-state index < -0.39 is 0 Å². The number of hydrogen-bond donors (Lipinski definition) is 1. The van der Waals surface area contributed by atoms with Crippen LogP contribution >= 0.6 is 0 Å². The quantitative estimate of drug-likeness (QED) is 0.888. The van der Waals surface area contributed by atoms with Crippen LogP contribution in [-0.2, 0) is 6.54 Å². The van der Waals surface area contributed by atoms with Crippen LogP contribution in [0.25, 0.3) is 0 Å². The third-order valence-electron chi connectivity index (χ3n) is 4.51. The van der Waals surface area contributed by atoms with Gasteiger partial charge in [0.1, 0.15) is 0 Å². The van der Waals surface area contributed by atoms with Gasteiger partial charge < -0.3 is 15.1 Å². The van der Waals surface area contributed by atoms with E-state index in [0.29, 0.717) is 6.04 Å². The molecule has 4 heteroatoms. The molecule has 1 atom stereocenters. The molecule has 0 radical (unpaired) electrons. The van der Waals surface area contributed by atoms with Crippen LogP contribution in [0, 0.1) is 0 Å². The Hall–Kier alpha value is -1.13. The van der Waals surface area contributed by atoms with E-state index >= 15 is 0 Å².